The highest BCUT2D eigenvalue weighted by molar-refractivity contribution is 9.10. The summed E-state index contributed by atoms with van der Waals surface area (Å²) >= 11 is 3.40. The summed E-state index contributed by atoms with van der Waals surface area (Å²) in [5.74, 6) is 0.913. The molecule has 0 radical (unpaired) electrons. The number of aromatic amines is 1. The van der Waals surface area contributed by atoms with Crippen molar-refractivity contribution >= 4 is 27.1 Å². The maximum absolute atomic E-state index is 9.30. The summed E-state index contributed by atoms with van der Waals surface area (Å²) in [5.41, 5.74) is 1.69. The molecule has 1 fully saturated rings. The molecule has 18 heavy (non-hydrogen) atoms. The highest BCUT2D eigenvalue weighted by Gasteiger charge is 2.24. The second kappa shape index (κ2) is 4.95. The van der Waals surface area contributed by atoms with Gasteiger partial charge in [0.1, 0.15) is 5.82 Å². The Bertz CT molecular complexity index is 556. The number of nitrogens with one attached hydrogen (secondary N) is 1. The Morgan fingerprint density at radius 3 is 3.28 bits per heavy atom. The third-order valence-electron chi connectivity index (χ3n) is 3.42. The normalized spacial score (nSPS) is 20.9. The maximum Gasteiger partial charge on any atom is 0.177 e. The van der Waals surface area contributed by atoms with E-state index in [9.17, 15) is 5.11 Å². The Labute approximate surface area is 113 Å². The van der Waals surface area contributed by atoms with E-state index in [-0.39, 0.29) is 12.6 Å². The number of aliphatic hydroxyl groups is 1. The van der Waals surface area contributed by atoms with Gasteiger partial charge in [0, 0.05) is 16.7 Å². The van der Waals surface area contributed by atoms with E-state index in [1.807, 2.05) is 6.07 Å². The van der Waals surface area contributed by atoms with Crippen LogP contribution in [-0.2, 0) is 6.54 Å². The summed E-state index contributed by atoms with van der Waals surface area (Å²) in [7, 11) is 0. The molecule has 0 spiro atoms. The first kappa shape index (κ1) is 12.1. The molecule has 6 heteroatoms. The highest BCUT2D eigenvalue weighted by atomic mass is 79.9. The zero-order chi connectivity index (χ0) is 12.5. The Morgan fingerprint density at radius 1 is 1.56 bits per heavy atom. The molecule has 1 saturated heterocycles. The largest absolute Gasteiger partial charge is 0.395 e. The van der Waals surface area contributed by atoms with Crippen molar-refractivity contribution in [3.63, 3.8) is 0 Å². The van der Waals surface area contributed by atoms with Crippen molar-refractivity contribution in [1.29, 1.82) is 0 Å². The SMILES string of the molecule is OC[C@@H]1CCCN1Cc1nc2ncc(Br)cc2[nH]1. The van der Waals surface area contributed by atoms with Gasteiger partial charge < -0.3 is 10.1 Å². The summed E-state index contributed by atoms with van der Waals surface area (Å²) in [4.78, 5) is 14.3. The molecule has 3 rings (SSSR count). The number of halogens is 1. The fourth-order valence-corrected chi connectivity index (χ4v) is 2.83. The third kappa shape index (κ3) is 2.28. The molecular weight excluding hydrogens is 296 g/mol. The topological polar surface area (TPSA) is 65.0 Å². The predicted molar refractivity (Wildman–Crippen MR) is 72.1 cm³/mol. The molecule has 1 aliphatic heterocycles. The van der Waals surface area contributed by atoms with Gasteiger partial charge >= 0.3 is 0 Å². The van der Waals surface area contributed by atoms with Crippen LogP contribution in [0.2, 0.25) is 0 Å². The molecule has 0 aliphatic carbocycles. The molecule has 2 aromatic rings. The van der Waals surface area contributed by atoms with Crippen LogP contribution in [0.1, 0.15) is 18.7 Å². The quantitative estimate of drug-likeness (QED) is 0.905. The van der Waals surface area contributed by atoms with Crippen LogP contribution in [0.25, 0.3) is 11.2 Å². The first-order valence-electron chi connectivity index (χ1n) is 6.11. The summed E-state index contributed by atoms with van der Waals surface area (Å²) in [6, 6.07) is 2.25. The first-order valence-corrected chi connectivity index (χ1v) is 6.90. The van der Waals surface area contributed by atoms with Gasteiger partial charge in [0.05, 0.1) is 18.7 Å². The lowest BCUT2D eigenvalue weighted by molar-refractivity contribution is 0.151. The van der Waals surface area contributed by atoms with E-state index in [1.165, 1.54) is 0 Å². The predicted octanol–water partition coefficient (Wildman–Crippen LogP) is 1.68. The molecule has 5 nitrogen and oxygen atoms in total. The summed E-state index contributed by atoms with van der Waals surface area (Å²) in [6.07, 6.45) is 3.97. The number of H-pyrrole nitrogens is 1. The van der Waals surface area contributed by atoms with Crippen LogP contribution in [0.15, 0.2) is 16.7 Å². The molecule has 96 valence electrons. The molecule has 1 atom stereocenters. The molecule has 0 aromatic carbocycles. The zero-order valence-corrected chi connectivity index (χ0v) is 11.5. The summed E-state index contributed by atoms with van der Waals surface area (Å²) < 4.78 is 0.944. The number of likely N-dealkylation sites (tertiary alicyclic amines) is 1. The minimum absolute atomic E-state index is 0.226. The monoisotopic (exact) mass is 310 g/mol. The van der Waals surface area contributed by atoms with Crippen molar-refractivity contribution in [3.8, 4) is 0 Å². The van der Waals surface area contributed by atoms with Crippen LogP contribution in [0.4, 0.5) is 0 Å². The number of rotatable bonds is 3. The van der Waals surface area contributed by atoms with E-state index in [4.69, 9.17) is 0 Å². The van der Waals surface area contributed by atoms with Crippen molar-refractivity contribution in [3.05, 3.63) is 22.6 Å². The number of nitrogens with zero attached hydrogens (tertiary/aromatic N) is 3. The van der Waals surface area contributed by atoms with E-state index in [0.29, 0.717) is 0 Å². The van der Waals surface area contributed by atoms with Crippen molar-refractivity contribution in [2.45, 2.75) is 25.4 Å². The van der Waals surface area contributed by atoms with E-state index in [1.54, 1.807) is 6.20 Å². The van der Waals surface area contributed by atoms with Crippen LogP contribution in [0, 0.1) is 0 Å². The Morgan fingerprint density at radius 2 is 2.44 bits per heavy atom. The van der Waals surface area contributed by atoms with Gasteiger partial charge in [0.2, 0.25) is 0 Å². The number of pyridine rings is 1. The van der Waals surface area contributed by atoms with Gasteiger partial charge in [-0.25, -0.2) is 9.97 Å². The number of aliphatic hydroxyl groups excluding tert-OH is 1. The smallest absolute Gasteiger partial charge is 0.177 e. The second-order valence-electron chi connectivity index (χ2n) is 4.66. The molecule has 1 aliphatic rings. The number of fused-ring (bicyclic) bond motifs is 1. The first-order chi connectivity index (χ1) is 8.76. The molecule has 3 heterocycles. The van der Waals surface area contributed by atoms with Gasteiger partial charge in [-0.15, -0.1) is 0 Å². The van der Waals surface area contributed by atoms with E-state index < -0.39 is 0 Å². The van der Waals surface area contributed by atoms with Crippen LogP contribution in [0.3, 0.4) is 0 Å². The summed E-state index contributed by atoms with van der Waals surface area (Å²) in [6.45, 7) is 2.00. The van der Waals surface area contributed by atoms with Crippen molar-refractivity contribution in [2.75, 3.05) is 13.2 Å². The summed E-state index contributed by atoms with van der Waals surface area (Å²) in [5, 5.41) is 9.30. The molecular formula is C12H15BrN4O. The Hall–Kier alpha value is -0.980. The van der Waals surface area contributed by atoms with Gasteiger partial charge in [-0.1, -0.05) is 0 Å². The maximum atomic E-state index is 9.30. The van der Waals surface area contributed by atoms with Gasteiger partial charge in [-0.3, -0.25) is 4.90 Å². The van der Waals surface area contributed by atoms with Gasteiger partial charge in [-0.05, 0) is 41.4 Å². The molecule has 2 aromatic heterocycles. The highest BCUT2D eigenvalue weighted by Crippen LogP contribution is 2.20. The van der Waals surface area contributed by atoms with Crippen molar-refractivity contribution in [2.24, 2.45) is 0 Å². The average molecular weight is 311 g/mol. The molecule has 0 bridgehead atoms. The number of imidazole rings is 1. The lowest BCUT2D eigenvalue weighted by Gasteiger charge is -2.20. The third-order valence-corrected chi connectivity index (χ3v) is 3.85. The van der Waals surface area contributed by atoms with E-state index in [2.05, 4.69) is 35.8 Å². The fourth-order valence-electron chi connectivity index (χ4n) is 2.50. The lowest BCUT2D eigenvalue weighted by Crippen LogP contribution is -2.31. The van der Waals surface area contributed by atoms with E-state index in [0.717, 1.165) is 47.4 Å². The van der Waals surface area contributed by atoms with Crippen molar-refractivity contribution in [1.82, 2.24) is 19.9 Å². The zero-order valence-electron chi connectivity index (χ0n) is 9.93. The minimum atomic E-state index is 0.226. The molecule has 0 amide bonds. The lowest BCUT2D eigenvalue weighted by atomic mass is 10.2. The second-order valence-corrected chi connectivity index (χ2v) is 5.57. The fraction of sp³-hybridized carbons (Fsp3) is 0.500. The number of aromatic nitrogens is 3. The Balaban J connectivity index is 1.82. The number of hydrogen-bond donors (Lipinski definition) is 2. The Kier molecular flexibility index (Phi) is 3.32. The van der Waals surface area contributed by atoms with Crippen LogP contribution < -0.4 is 0 Å². The van der Waals surface area contributed by atoms with Gasteiger partial charge in [-0.2, -0.15) is 0 Å². The van der Waals surface area contributed by atoms with Crippen LogP contribution in [-0.4, -0.2) is 44.2 Å². The van der Waals surface area contributed by atoms with E-state index >= 15 is 0 Å². The standard InChI is InChI=1S/C12H15BrN4O/c13-8-4-10-12(14-5-8)16-11(15-10)6-17-3-1-2-9(17)7-18/h4-5,9,18H,1-3,6-7H2,(H,14,15,16)/t9-/m0/s1. The minimum Gasteiger partial charge on any atom is -0.395 e. The van der Waals surface area contributed by atoms with Crippen molar-refractivity contribution < 1.29 is 5.11 Å². The van der Waals surface area contributed by atoms with Crippen LogP contribution >= 0.6 is 15.9 Å². The number of hydrogen-bond acceptors (Lipinski definition) is 4. The van der Waals surface area contributed by atoms with Crippen LogP contribution in [0.5, 0.6) is 0 Å². The average Bonchev–Trinajstić information content (AvgIpc) is 2.94. The van der Waals surface area contributed by atoms with Gasteiger partial charge in [0.15, 0.2) is 5.65 Å². The molecule has 2 N–H and O–H groups in total. The molecule has 0 saturated carbocycles. The molecule has 0 unspecified atom stereocenters. The van der Waals surface area contributed by atoms with Gasteiger partial charge in [0.25, 0.3) is 0 Å².